The molecule has 2 aromatic heterocycles. The van der Waals surface area contributed by atoms with Crippen molar-refractivity contribution in [2.24, 2.45) is 0 Å². The van der Waals surface area contributed by atoms with Crippen molar-refractivity contribution >= 4 is 23.5 Å². The number of nitrogens with one attached hydrogen (secondary N) is 1. The molecule has 1 aliphatic heterocycles. The molecule has 3 heterocycles. The van der Waals surface area contributed by atoms with Crippen molar-refractivity contribution in [3.8, 4) is 5.69 Å². The first kappa shape index (κ1) is 17.4. The van der Waals surface area contributed by atoms with Crippen molar-refractivity contribution < 1.29 is 4.79 Å². The number of carbonyl (C=O) groups excluding carboxylic acids is 1. The number of aromatic nitrogens is 5. The lowest BCUT2D eigenvalue weighted by atomic mass is 10.1. The molecule has 0 spiro atoms. The number of rotatable bonds is 4. The van der Waals surface area contributed by atoms with E-state index in [2.05, 4.69) is 30.5 Å². The summed E-state index contributed by atoms with van der Waals surface area (Å²) in [4.78, 5) is 23.2. The highest BCUT2D eigenvalue weighted by Gasteiger charge is 2.23. The highest BCUT2D eigenvalue weighted by Crippen LogP contribution is 2.19. The van der Waals surface area contributed by atoms with Gasteiger partial charge < -0.3 is 10.2 Å². The van der Waals surface area contributed by atoms with E-state index >= 15 is 0 Å². The fourth-order valence-corrected chi connectivity index (χ4v) is 3.28. The number of hydrogen-bond donors (Lipinski definition) is 1. The molecule has 0 bridgehead atoms. The molecule has 1 N–H and O–H groups in total. The number of anilines is 1. The summed E-state index contributed by atoms with van der Waals surface area (Å²) in [6.45, 7) is 1.59. The Morgan fingerprint density at radius 1 is 1.11 bits per heavy atom. The van der Waals surface area contributed by atoms with E-state index in [-0.39, 0.29) is 17.6 Å². The minimum atomic E-state index is -0.234. The number of amides is 1. The van der Waals surface area contributed by atoms with Crippen LogP contribution < -0.4 is 10.2 Å². The zero-order chi connectivity index (χ0) is 18.6. The first-order valence-electron chi connectivity index (χ1n) is 8.71. The summed E-state index contributed by atoms with van der Waals surface area (Å²) >= 11 is 6.16. The van der Waals surface area contributed by atoms with Crippen LogP contribution in [0.5, 0.6) is 0 Å². The van der Waals surface area contributed by atoms with Crippen molar-refractivity contribution in [1.29, 1.82) is 0 Å². The summed E-state index contributed by atoms with van der Waals surface area (Å²) in [5, 5.41) is 11.6. The van der Waals surface area contributed by atoms with Crippen LogP contribution >= 0.6 is 11.6 Å². The molecule has 0 saturated carbocycles. The second kappa shape index (κ2) is 7.71. The Labute approximate surface area is 161 Å². The van der Waals surface area contributed by atoms with Gasteiger partial charge in [0.05, 0.1) is 16.9 Å². The summed E-state index contributed by atoms with van der Waals surface area (Å²) in [5.41, 5.74) is 0.950. The van der Waals surface area contributed by atoms with Crippen molar-refractivity contribution in [3.05, 3.63) is 59.6 Å². The number of piperidine rings is 1. The van der Waals surface area contributed by atoms with Crippen LogP contribution in [0.2, 0.25) is 5.02 Å². The van der Waals surface area contributed by atoms with Crippen LogP contribution in [0.1, 0.15) is 23.3 Å². The average molecular weight is 384 g/mol. The third-order valence-electron chi connectivity index (χ3n) is 4.49. The predicted octanol–water partition coefficient (Wildman–Crippen LogP) is 2.11. The van der Waals surface area contributed by atoms with Gasteiger partial charge in [0, 0.05) is 31.5 Å². The molecular formula is C18H18ClN7O. The smallest absolute Gasteiger partial charge is 0.273 e. The topological polar surface area (TPSA) is 88.8 Å². The van der Waals surface area contributed by atoms with Gasteiger partial charge in [-0.1, -0.05) is 28.9 Å². The lowest BCUT2D eigenvalue weighted by Crippen LogP contribution is -2.45. The number of halogens is 1. The summed E-state index contributed by atoms with van der Waals surface area (Å²) in [7, 11) is 0. The molecule has 1 aliphatic rings. The molecule has 1 fully saturated rings. The lowest BCUT2D eigenvalue weighted by molar-refractivity contribution is 0.0926. The first-order valence-corrected chi connectivity index (χ1v) is 9.08. The summed E-state index contributed by atoms with van der Waals surface area (Å²) < 4.78 is 1.51. The summed E-state index contributed by atoms with van der Waals surface area (Å²) in [6, 6.07) is 9.16. The van der Waals surface area contributed by atoms with Gasteiger partial charge in [0.15, 0.2) is 5.69 Å². The quantitative estimate of drug-likeness (QED) is 0.742. The molecule has 1 saturated heterocycles. The van der Waals surface area contributed by atoms with Gasteiger partial charge in [-0.3, -0.25) is 4.79 Å². The Bertz CT molecular complexity index is 922. The third kappa shape index (κ3) is 3.90. The van der Waals surface area contributed by atoms with E-state index in [1.165, 1.54) is 4.68 Å². The maximum Gasteiger partial charge on any atom is 0.273 e. The number of hydrogen-bond acceptors (Lipinski definition) is 6. The van der Waals surface area contributed by atoms with Crippen molar-refractivity contribution in [2.45, 2.75) is 18.9 Å². The molecule has 27 heavy (non-hydrogen) atoms. The van der Waals surface area contributed by atoms with Gasteiger partial charge in [0.2, 0.25) is 5.95 Å². The Hall–Kier alpha value is -3.00. The fraction of sp³-hybridized carbons (Fsp3) is 0.278. The van der Waals surface area contributed by atoms with Gasteiger partial charge in [-0.15, -0.1) is 5.10 Å². The number of carbonyl (C=O) groups is 1. The van der Waals surface area contributed by atoms with Crippen LogP contribution in [0.25, 0.3) is 5.69 Å². The average Bonchev–Trinajstić information content (AvgIpc) is 3.20. The van der Waals surface area contributed by atoms with Crippen LogP contribution in [0, 0.1) is 0 Å². The molecule has 1 aromatic carbocycles. The molecule has 4 rings (SSSR count). The van der Waals surface area contributed by atoms with Crippen LogP contribution in [-0.2, 0) is 0 Å². The maximum atomic E-state index is 12.5. The zero-order valence-corrected chi connectivity index (χ0v) is 15.3. The van der Waals surface area contributed by atoms with Crippen LogP contribution in [0.15, 0.2) is 48.9 Å². The van der Waals surface area contributed by atoms with Gasteiger partial charge in [-0.2, -0.15) is 0 Å². The molecule has 1 amide bonds. The van der Waals surface area contributed by atoms with Crippen LogP contribution in [0.3, 0.4) is 0 Å². The van der Waals surface area contributed by atoms with E-state index in [0.717, 1.165) is 31.9 Å². The molecule has 0 radical (unpaired) electrons. The van der Waals surface area contributed by atoms with Crippen LogP contribution in [-0.4, -0.2) is 50.0 Å². The molecule has 0 unspecified atom stereocenters. The van der Waals surface area contributed by atoms with Gasteiger partial charge in [-0.25, -0.2) is 14.6 Å². The van der Waals surface area contributed by atoms with Crippen LogP contribution in [0.4, 0.5) is 5.95 Å². The van der Waals surface area contributed by atoms with E-state index in [4.69, 9.17) is 11.6 Å². The van der Waals surface area contributed by atoms with E-state index in [9.17, 15) is 4.79 Å². The SMILES string of the molecule is O=C(NC1CCN(c2ncccn2)CC1)c1cn(-c2ccccc2Cl)nn1. The van der Waals surface area contributed by atoms with E-state index in [0.29, 0.717) is 10.7 Å². The second-order valence-electron chi connectivity index (χ2n) is 6.28. The maximum absolute atomic E-state index is 12.5. The van der Waals surface area contributed by atoms with Gasteiger partial charge >= 0.3 is 0 Å². The molecule has 0 aliphatic carbocycles. The standard InChI is InChI=1S/C18H18ClN7O/c19-14-4-1-2-5-16(14)26-12-15(23-24-26)17(27)22-13-6-10-25(11-7-13)18-20-8-3-9-21-18/h1-5,8-9,12-13H,6-7,10-11H2,(H,22,27). The lowest BCUT2D eigenvalue weighted by Gasteiger charge is -2.32. The fourth-order valence-electron chi connectivity index (χ4n) is 3.06. The Kier molecular flexibility index (Phi) is 4.97. The van der Waals surface area contributed by atoms with E-state index in [1.54, 1.807) is 30.7 Å². The van der Waals surface area contributed by atoms with Crippen molar-refractivity contribution in [2.75, 3.05) is 18.0 Å². The molecular weight excluding hydrogens is 366 g/mol. The number of benzene rings is 1. The van der Waals surface area contributed by atoms with E-state index in [1.807, 2.05) is 18.2 Å². The molecule has 8 nitrogen and oxygen atoms in total. The molecule has 3 aromatic rings. The molecule has 0 atom stereocenters. The third-order valence-corrected chi connectivity index (χ3v) is 4.81. The summed E-state index contributed by atoms with van der Waals surface area (Å²) in [5.74, 6) is 0.493. The number of nitrogens with zero attached hydrogens (tertiary/aromatic N) is 6. The predicted molar refractivity (Wildman–Crippen MR) is 101 cm³/mol. The Balaban J connectivity index is 1.36. The van der Waals surface area contributed by atoms with Gasteiger partial charge in [-0.05, 0) is 31.0 Å². The monoisotopic (exact) mass is 383 g/mol. The minimum absolute atomic E-state index is 0.0860. The first-order chi connectivity index (χ1) is 13.2. The van der Waals surface area contributed by atoms with E-state index < -0.39 is 0 Å². The molecule has 138 valence electrons. The van der Waals surface area contributed by atoms with Gasteiger partial charge in [0.1, 0.15) is 0 Å². The van der Waals surface area contributed by atoms with Crippen molar-refractivity contribution in [1.82, 2.24) is 30.3 Å². The number of para-hydroxylation sites is 1. The normalized spacial score (nSPS) is 14.9. The zero-order valence-electron chi connectivity index (χ0n) is 14.5. The minimum Gasteiger partial charge on any atom is -0.348 e. The largest absolute Gasteiger partial charge is 0.348 e. The highest BCUT2D eigenvalue weighted by molar-refractivity contribution is 6.32. The second-order valence-corrected chi connectivity index (χ2v) is 6.69. The Morgan fingerprint density at radius 3 is 2.59 bits per heavy atom. The molecule has 9 heteroatoms. The van der Waals surface area contributed by atoms with Crippen molar-refractivity contribution in [3.63, 3.8) is 0 Å². The highest BCUT2D eigenvalue weighted by atomic mass is 35.5. The summed E-state index contributed by atoms with van der Waals surface area (Å²) in [6.07, 6.45) is 6.70. The Morgan fingerprint density at radius 2 is 1.85 bits per heavy atom. The van der Waals surface area contributed by atoms with Gasteiger partial charge in [0.25, 0.3) is 5.91 Å².